The molecule has 0 spiro atoms. The lowest BCUT2D eigenvalue weighted by atomic mass is 10.1. The van der Waals surface area contributed by atoms with Gasteiger partial charge in [0.25, 0.3) is 5.91 Å². The number of thioether (sulfide) groups is 2. The Kier molecular flexibility index (Phi) is 5.84. The Morgan fingerprint density at radius 2 is 1.54 bits per heavy atom. The van der Waals surface area contributed by atoms with Crippen LogP contribution in [-0.2, 0) is 11.2 Å². The van der Waals surface area contributed by atoms with E-state index in [-0.39, 0.29) is 5.91 Å². The van der Waals surface area contributed by atoms with Crippen LogP contribution in [0.2, 0.25) is 0 Å². The number of hydrogen-bond acceptors (Lipinski definition) is 5. The van der Waals surface area contributed by atoms with Crippen molar-refractivity contribution >= 4 is 56.7 Å². The molecule has 172 valence electrons. The maximum absolute atomic E-state index is 13.8. The van der Waals surface area contributed by atoms with Crippen LogP contribution in [0.4, 0.5) is 11.4 Å². The van der Waals surface area contributed by atoms with Crippen molar-refractivity contribution in [3.63, 3.8) is 0 Å². The molecule has 1 fully saturated rings. The molecule has 4 aromatic rings. The summed E-state index contributed by atoms with van der Waals surface area (Å²) in [5.41, 5.74) is 3.21. The normalized spacial score (nSPS) is 18.7. The molecule has 1 saturated heterocycles. The van der Waals surface area contributed by atoms with Gasteiger partial charge in [-0.2, -0.15) is 0 Å². The third-order valence-corrected chi connectivity index (χ3v) is 8.68. The summed E-state index contributed by atoms with van der Waals surface area (Å²) in [7, 11) is 2.03. The van der Waals surface area contributed by atoms with Gasteiger partial charge in [0.05, 0.1) is 16.4 Å². The first kappa shape index (κ1) is 22.0. The van der Waals surface area contributed by atoms with Crippen LogP contribution in [-0.4, -0.2) is 29.6 Å². The fourth-order valence-electron chi connectivity index (χ4n) is 4.41. The van der Waals surface area contributed by atoms with Crippen molar-refractivity contribution in [2.75, 3.05) is 18.5 Å². The van der Waals surface area contributed by atoms with Crippen LogP contribution < -0.4 is 4.90 Å². The van der Waals surface area contributed by atoms with Gasteiger partial charge in [0, 0.05) is 23.9 Å². The average Bonchev–Trinajstić information content (AvgIpc) is 3.39. The number of aliphatic imine (C=N–C) groups is 1. The highest BCUT2D eigenvalue weighted by atomic mass is 32.2. The topological polar surface area (TPSA) is 35.9 Å². The summed E-state index contributed by atoms with van der Waals surface area (Å²) in [5, 5.41) is 3.92. The molecule has 2 aliphatic rings. The van der Waals surface area contributed by atoms with Crippen molar-refractivity contribution in [3.05, 3.63) is 113 Å². The Morgan fingerprint density at radius 3 is 2.40 bits per heavy atom. The Hall–Kier alpha value is -3.48. The molecule has 0 unspecified atom stereocenters. The fraction of sp³-hybridized carbons (Fsp3) is 0.103. The van der Waals surface area contributed by atoms with Gasteiger partial charge in [-0.3, -0.25) is 9.69 Å². The molecule has 2 aliphatic heterocycles. The molecule has 2 heterocycles. The number of anilines is 1. The van der Waals surface area contributed by atoms with Crippen LogP contribution in [0.1, 0.15) is 5.56 Å². The van der Waals surface area contributed by atoms with Gasteiger partial charge in [-0.1, -0.05) is 90.6 Å². The second-order valence-electron chi connectivity index (χ2n) is 8.45. The number of carbonyl (C=O) groups is 1. The van der Waals surface area contributed by atoms with Crippen molar-refractivity contribution < 1.29 is 4.79 Å². The predicted octanol–water partition coefficient (Wildman–Crippen LogP) is 7.06. The maximum Gasteiger partial charge on any atom is 0.269 e. The highest BCUT2D eigenvalue weighted by molar-refractivity contribution is 8.19. The Morgan fingerprint density at radius 1 is 0.800 bits per heavy atom. The van der Waals surface area contributed by atoms with Gasteiger partial charge in [-0.15, -0.1) is 0 Å². The largest absolute Gasteiger partial charge is 0.337 e. The van der Waals surface area contributed by atoms with Gasteiger partial charge in [-0.05, 0) is 47.3 Å². The summed E-state index contributed by atoms with van der Waals surface area (Å²) < 4.78 is 0. The first-order valence-corrected chi connectivity index (χ1v) is 13.2. The average molecular weight is 494 g/mol. The molecule has 0 bridgehead atoms. The molecular formula is C29H23N3OS2. The molecule has 4 nitrogen and oxygen atoms in total. The number of hydrogen-bond donors (Lipinski definition) is 0. The third kappa shape index (κ3) is 4.13. The van der Waals surface area contributed by atoms with E-state index in [4.69, 9.17) is 4.99 Å². The van der Waals surface area contributed by atoms with E-state index in [9.17, 15) is 4.79 Å². The van der Waals surface area contributed by atoms with Gasteiger partial charge in [0.1, 0.15) is 4.91 Å². The van der Waals surface area contributed by atoms with Gasteiger partial charge in [-0.25, -0.2) is 4.99 Å². The zero-order valence-corrected chi connectivity index (χ0v) is 20.9. The second kappa shape index (κ2) is 9.29. The number of rotatable bonds is 4. The van der Waals surface area contributed by atoms with E-state index >= 15 is 0 Å². The number of nitrogens with zero attached hydrogens (tertiary/aromatic N) is 3. The fourth-order valence-corrected chi connectivity index (χ4v) is 6.77. The minimum absolute atomic E-state index is 0.0204. The molecule has 0 aromatic heterocycles. The van der Waals surface area contributed by atoms with E-state index in [2.05, 4.69) is 47.4 Å². The molecule has 35 heavy (non-hydrogen) atoms. The quantitative estimate of drug-likeness (QED) is 0.285. The molecule has 0 atom stereocenters. The van der Waals surface area contributed by atoms with Gasteiger partial charge >= 0.3 is 0 Å². The van der Waals surface area contributed by atoms with E-state index in [1.165, 1.54) is 22.2 Å². The molecule has 6 heteroatoms. The van der Waals surface area contributed by atoms with E-state index in [1.807, 2.05) is 66.5 Å². The van der Waals surface area contributed by atoms with E-state index in [0.29, 0.717) is 6.54 Å². The van der Waals surface area contributed by atoms with Crippen LogP contribution in [0, 0.1) is 0 Å². The Labute approximate surface area is 213 Å². The number of carbonyl (C=O) groups excluding carboxylic acids is 1. The second-order valence-corrected chi connectivity index (χ2v) is 10.5. The lowest BCUT2D eigenvalue weighted by Crippen LogP contribution is -2.31. The third-order valence-electron chi connectivity index (χ3n) is 6.25. The highest BCUT2D eigenvalue weighted by Crippen LogP contribution is 2.50. The lowest BCUT2D eigenvalue weighted by Gasteiger charge is -2.17. The van der Waals surface area contributed by atoms with Crippen molar-refractivity contribution in [1.82, 2.24) is 4.90 Å². The van der Waals surface area contributed by atoms with Crippen molar-refractivity contribution in [2.24, 2.45) is 4.99 Å². The zero-order valence-electron chi connectivity index (χ0n) is 19.2. The van der Waals surface area contributed by atoms with Crippen LogP contribution in [0.5, 0.6) is 0 Å². The maximum atomic E-state index is 13.8. The molecule has 0 N–H and O–H groups in total. The zero-order chi connectivity index (χ0) is 23.8. The van der Waals surface area contributed by atoms with Gasteiger partial charge in [0.15, 0.2) is 5.17 Å². The molecular weight excluding hydrogens is 470 g/mol. The van der Waals surface area contributed by atoms with Crippen molar-refractivity contribution in [2.45, 2.75) is 11.3 Å². The molecule has 1 amide bonds. The first-order valence-electron chi connectivity index (χ1n) is 11.5. The highest BCUT2D eigenvalue weighted by Gasteiger charge is 2.39. The number of amides is 1. The number of fused-ring (bicyclic) bond motifs is 2. The summed E-state index contributed by atoms with van der Waals surface area (Å²) in [6, 6.07) is 32.9. The standard InChI is InChI=1S/C29H23N3OS2/c1-31-24-16-7-8-17-25(24)34-28(31)26-27(33)32(19-18-20-10-3-2-4-11-20)29(35-26)30-23-15-9-13-21-12-5-6-14-22(21)23/h2-17H,18-19H2,1H3/b28-26-,30-29?. The molecule has 6 rings (SSSR count). The number of benzene rings is 4. The van der Waals surface area contributed by atoms with Crippen LogP contribution in [0.15, 0.2) is 117 Å². The summed E-state index contributed by atoms with van der Waals surface area (Å²) in [6.07, 6.45) is 0.771. The summed E-state index contributed by atoms with van der Waals surface area (Å²) in [5.74, 6) is 0.0204. The van der Waals surface area contributed by atoms with Crippen LogP contribution in [0.25, 0.3) is 10.8 Å². The van der Waals surface area contributed by atoms with Crippen molar-refractivity contribution in [1.29, 1.82) is 0 Å². The van der Waals surface area contributed by atoms with Crippen LogP contribution >= 0.6 is 23.5 Å². The van der Waals surface area contributed by atoms with Crippen LogP contribution in [0.3, 0.4) is 0 Å². The summed E-state index contributed by atoms with van der Waals surface area (Å²) in [4.78, 5) is 24.7. The lowest BCUT2D eigenvalue weighted by molar-refractivity contribution is -0.122. The summed E-state index contributed by atoms with van der Waals surface area (Å²) >= 11 is 3.14. The monoisotopic (exact) mass is 493 g/mol. The Bertz CT molecular complexity index is 1490. The SMILES string of the molecule is CN1/C(=C2/SC(=Nc3cccc4ccccc34)N(CCc3ccccc3)C2=O)Sc2ccccc21. The number of amidine groups is 1. The van der Waals surface area contributed by atoms with E-state index in [0.717, 1.165) is 43.7 Å². The minimum Gasteiger partial charge on any atom is -0.337 e. The van der Waals surface area contributed by atoms with Gasteiger partial charge < -0.3 is 4.90 Å². The Balaban J connectivity index is 1.41. The minimum atomic E-state index is 0.0204. The first-order chi connectivity index (χ1) is 17.2. The van der Waals surface area contributed by atoms with Gasteiger partial charge in [0.2, 0.25) is 0 Å². The summed E-state index contributed by atoms with van der Waals surface area (Å²) in [6.45, 7) is 0.581. The molecule has 0 radical (unpaired) electrons. The van der Waals surface area contributed by atoms with Crippen molar-refractivity contribution in [3.8, 4) is 0 Å². The van der Waals surface area contributed by atoms with E-state index in [1.54, 1.807) is 11.8 Å². The molecule has 4 aromatic carbocycles. The smallest absolute Gasteiger partial charge is 0.269 e. The van der Waals surface area contributed by atoms with E-state index < -0.39 is 0 Å². The molecule has 0 saturated carbocycles. The predicted molar refractivity (Wildman–Crippen MR) is 148 cm³/mol. The number of para-hydroxylation sites is 1. The molecule has 0 aliphatic carbocycles.